The van der Waals surface area contributed by atoms with Crippen LogP contribution in [0.3, 0.4) is 0 Å². The molecule has 0 spiro atoms. The Morgan fingerprint density at radius 3 is 2.33 bits per heavy atom. The fraction of sp³-hybridized carbons (Fsp3) is 0.0870. The third kappa shape index (κ3) is 5.46. The second kappa shape index (κ2) is 9.56. The van der Waals surface area contributed by atoms with Crippen molar-refractivity contribution in [2.24, 2.45) is 0 Å². The van der Waals surface area contributed by atoms with Crippen LogP contribution in [-0.2, 0) is 16.0 Å². The number of hydrogen-bond acceptors (Lipinski definition) is 5. The van der Waals surface area contributed by atoms with E-state index in [4.69, 9.17) is 0 Å². The number of fused-ring (bicyclic) bond motifs is 1. The average Bonchev–Trinajstić information content (AvgIpc) is 3.16. The van der Waals surface area contributed by atoms with Gasteiger partial charge in [0.25, 0.3) is 0 Å². The third-order valence-electron chi connectivity index (χ3n) is 4.26. The van der Waals surface area contributed by atoms with Crippen molar-refractivity contribution in [1.82, 2.24) is 4.98 Å². The van der Waals surface area contributed by atoms with Gasteiger partial charge in [-0.1, -0.05) is 53.8 Å². The Balaban J connectivity index is 1.26. The molecule has 0 unspecified atom stereocenters. The van der Waals surface area contributed by atoms with Crippen LogP contribution in [-0.4, -0.2) is 22.6 Å². The number of anilines is 2. The molecule has 0 atom stereocenters. The molecule has 150 valence electrons. The van der Waals surface area contributed by atoms with E-state index in [9.17, 15) is 9.59 Å². The van der Waals surface area contributed by atoms with Crippen molar-refractivity contribution in [2.75, 3.05) is 16.4 Å². The van der Waals surface area contributed by atoms with Crippen molar-refractivity contribution in [2.45, 2.75) is 11.3 Å². The summed E-state index contributed by atoms with van der Waals surface area (Å²) in [5, 5.41) is 6.36. The van der Waals surface area contributed by atoms with Gasteiger partial charge in [0.15, 0.2) is 5.13 Å². The van der Waals surface area contributed by atoms with Crippen molar-refractivity contribution in [1.29, 1.82) is 0 Å². The van der Waals surface area contributed by atoms with Crippen molar-refractivity contribution in [3.8, 4) is 0 Å². The summed E-state index contributed by atoms with van der Waals surface area (Å²) >= 11 is 2.90. The number of rotatable bonds is 7. The van der Waals surface area contributed by atoms with Crippen LogP contribution in [0.25, 0.3) is 10.2 Å². The molecule has 0 aliphatic carbocycles. The van der Waals surface area contributed by atoms with Gasteiger partial charge in [0.2, 0.25) is 11.8 Å². The van der Waals surface area contributed by atoms with Crippen LogP contribution in [0.2, 0.25) is 0 Å². The Morgan fingerprint density at radius 1 is 0.833 bits per heavy atom. The highest BCUT2D eigenvalue weighted by Gasteiger charge is 2.09. The second-order valence-electron chi connectivity index (χ2n) is 6.56. The predicted octanol–water partition coefficient (Wildman–Crippen LogP) is 5.21. The molecule has 30 heavy (non-hydrogen) atoms. The quantitative estimate of drug-likeness (QED) is 0.393. The van der Waals surface area contributed by atoms with E-state index in [1.54, 1.807) is 0 Å². The normalized spacial score (nSPS) is 10.7. The van der Waals surface area contributed by atoms with E-state index >= 15 is 0 Å². The van der Waals surface area contributed by atoms with Crippen LogP contribution < -0.4 is 10.6 Å². The number of hydrogen-bond donors (Lipinski definition) is 2. The number of nitrogens with one attached hydrogen (secondary N) is 2. The third-order valence-corrected chi connectivity index (χ3v) is 6.22. The van der Waals surface area contributed by atoms with Gasteiger partial charge in [-0.15, -0.1) is 11.8 Å². The maximum Gasteiger partial charge on any atom is 0.236 e. The van der Waals surface area contributed by atoms with E-state index < -0.39 is 0 Å². The Kier molecular flexibility index (Phi) is 6.41. The molecule has 0 fully saturated rings. The van der Waals surface area contributed by atoms with Gasteiger partial charge in [-0.25, -0.2) is 4.98 Å². The molecular weight excluding hydrogens is 414 g/mol. The van der Waals surface area contributed by atoms with Gasteiger partial charge in [0.05, 0.1) is 22.4 Å². The number of nitrogens with zero attached hydrogens (tertiary/aromatic N) is 1. The Bertz CT molecular complexity index is 1130. The zero-order chi connectivity index (χ0) is 20.8. The lowest BCUT2D eigenvalue weighted by molar-refractivity contribution is -0.115. The molecule has 4 rings (SSSR count). The van der Waals surface area contributed by atoms with Gasteiger partial charge >= 0.3 is 0 Å². The summed E-state index contributed by atoms with van der Waals surface area (Å²) in [5.74, 6) is 0.131. The zero-order valence-electron chi connectivity index (χ0n) is 16.0. The van der Waals surface area contributed by atoms with E-state index in [-0.39, 0.29) is 17.6 Å². The Hall–Kier alpha value is -3.16. The maximum atomic E-state index is 12.2. The van der Waals surface area contributed by atoms with Crippen LogP contribution in [0.4, 0.5) is 10.8 Å². The lowest BCUT2D eigenvalue weighted by Gasteiger charge is -2.07. The first-order valence-electron chi connectivity index (χ1n) is 9.38. The van der Waals surface area contributed by atoms with Gasteiger partial charge in [0.1, 0.15) is 0 Å². The minimum Gasteiger partial charge on any atom is -0.326 e. The van der Waals surface area contributed by atoms with E-state index in [0.29, 0.717) is 11.6 Å². The average molecular weight is 434 g/mol. The van der Waals surface area contributed by atoms with Crippen molar-refractivity contribution in [3.05, 3.63) is 84.4 Å². The van der Waals surface area contributed by atoms with E-state index in [1.165, 1.54) is 23.1 Å². The molecule has 2 N–H and O–H groups in total. The highest BCUT2D eigenvalue weighted by atomic mass is 32.2. The van der Waals surface area contributed by atoms with Crippen molar-refractivity contribution >= 4 is 55.9 Å². The van der Waals surface area contributed by atoms with E-state index in [0.717, 1.165) is 26.4 Å². The molecule has 1 heterocycles. The number of carbonyl (C=O) groups excluding carboxylic acids is 2. The first kappa shape index (κ1) is 20.1. The van der Waals surface area contributed by atoms with Gasteiger partial charge in [-0.2, -0.15) is 0 Å². The van der Waals surface area contributed by atoms with Crippen LogP contribution in [0.5, 0.6) is 0 Å². The number of para-hydroxylation sites is 1. The number of aromatic nitrogens is 1. The largest absolute Gasteiger partial charge is 0.326 e. The topological polar surface area (TPSA) is 71.1 Å². The molecule has 0 aliphatic heterocycles. The highest BCUT2D eigenvalue weighted by Crippen LogP contribution is 2.26. The summed E-state index contributed by atoms with van der Waals surface area (Å²) in [4.78, 5) is 29.7. The second-order valence-corrected chi connectivity index (χ2v) is 8.64. The molecule has 0 radical (unpaired) electrons. The molecule has 3 aromatic carbocycles. The minimum absolute atomic E-state index is 0.0585. The molecular formula is C23H19N3O2S2. The molecule has 4 aromatic rings. The lowest BCUT2D eigenvalue weighted by Crippen LogP contribution is -2.14. The fourth-order valence-electron chi connectivity index (χ4n) is 2.85. The summed E-state index contributed by atoms with van der Waals surface area (Å²) in [6.07, 6.45) is 0.337. The summed E-state index contributed by atoms with van der Waals surface area (Å²) < 4.78 is 1.05. The molecule has 1 aromatic heterocycles. The summed E-state index contributed by atoms with van der Waals surface area (Å²) in [6.45, 7) is 0. The number of thioether (sulfide) groups is 1. The van der Waals surface area contributed by atoms with Gasteiger partial charge in [-0.3, -0.25) is 9.59 Å². The Morgan fingerprint density at radius 2 is 1.57 bits per heavy atom. The number of amides is 2. The minimum atomic E-state index is -0.0979. The number of benzene rings is 3. The maximum absolute atomic E-state index is 12.2. The smallest absolute Gasteiger partial charge is 0.236 e. The SMILES string of the molecule is O=C(Cc1ccccc1)Nc1ccc(SCC(=O)Nc2nc3ccccc3s2)cc1. The number of thiazole rings is 1. The first-order chi connectivity index (χ1) is 14.7. The van der Waals surface area contributed by atoms with Crippen LogP contribution in [0, 0.1) is 0 Å². The monoisotopic (exact) mass is 433 g/mol. The molecule has 0 bridgehead atoms. The molecule has 0 saturated carbocycles. The van der Waals surface area contributed by atoms with Crippen LogP contribution in [0.15, 0.2) is 83.8 Å². The highest BCUT2D eigenvalue weighted by molar-refractivity contribution is 8.00. The van der Waals surface area contributed by atoms with Crippen LogP contribution >= 0.6 is 23.1 Å². The van der Waals surface area contributed by atoms with Crippen molar-refractivity contribution in [3.63, 3.8) is 0 Å². The van der Waals surface area contributed by atoms with Crippen LogP contribution in [0.1, 0.15) is 5.56 Å². The number of carbonyl (C=O) groups is 2. The van der Waals surface area contributed by atoms with Gasteiger partial charge in [-0.05, 0) is 42.0 Å². The van der Waals surface area contributed by atoms with Gasteiger partial charge in [0, 0.05) is 10.6 Å². The standard InChI is InChI=1S/C23H19N3O2S2/c27-21(14-16-6-2-1-3-7-16)24-17-10-12-18(13-11-17)29-15-22(28)26-23-25-19-8-4-5-9-20(19)30-23/h1-13H,14-15H2,(H,24,27)(H,25,26,28). The van der Waals surface area contributed by atoms with E-state index in [2.05, 4.69) is 15.6 Å². The summed E-state index contributed by atoms with van der Waals surface area (Å²) in [5.41, 5.74) is 2.59. The van der Waals surface area contributed by atoms with Gasteiger partial charge < -0.3 is 10.6 Å². The van der Waals surface area contributed by atoms with E-state index in [1.807, 2.05) is 78.9 Å². The zero-order valence-corrected chi connectivity index (χ0v) is 17.6. The predicted molar refractivity (Wildman–Crippen MR) is 124 cm³/mol. The molecule has 0 saturated heterocycles. The molecule has 5 nitrogen and oxygen atoms in total. The molecule has 2 amide bonds. The fourth-order valence-corrected chi connectivity index (χ4v) is 4.43. The van der Waals surface area contributed by atoms with Crippen molar-refractivity contribution < 1.29 is 9.59 Å². The Labute approximate surface area is 182 Å². The molecule has 0 aliphatic rings. The lowest BCUT2D eigenvalue weighted by atomic mass is 10.1. The molecule has 7 heteroatoms. The summed E-state index contributed by atoms with van der Waals surface area (Å²) in [7, 11) is 0. The summed E-state index contributed by atoms with van der Waals surface area (Å²) in [6, 6.07) is 24.9. The first-order valence-corrected chi connectivity index (χ1v) is 11.2.